The van der Waals surface area contributed by atoms with Gasteiger partial charge in [0.25, 0.3) is 5.91 Å². The number of aryl methyl sites for hydroxylation is 1. The van der Waals surface area contributed by atoms with E-state index in [1.54, 1.807) is 36.4 Å². The van der Waals surface area contributed by atoms with Crippen LogP contribution < -0.4 is 5.32 Å². The third-order valence-corrected chi connectivity index (χ3v) is 7.56. The molecule has 1 aliphatic heterocycles. The number of carbonyl (C=O) groups is 1. The maximum absolute atomic E-state index is 12.6. The molecule has 0 radical (unpaired) electrons. The Hall–Kier alpha value is -2.55. The summed E-state index contributed by atoms with van der Waals surface area (Å²) in [6, 6.07) is 14.1. The smallest absolute Gasteiger partial charge is 0.257 e. The molecule has 0 bridgehead atoms. The van der Waals surface area contributed by atoms with Crippen LogP contribution >= 0.6 is 11.3 Å². The van der Waals surface area contributed by atoms with Gasteiger partial charge in [-0.25, -0.2) is 13.4 Å². The van der Waals surface area contributed by atoms with Crippen molar-refractivity contribution in [2.45, 2.75) is 24.7 Å². The summed E-state index contributed by atoms with van der Waals surface area (Å²) in [5, 5.41) is 5.15. The summed E-state index contributed by atoms with van der Waals surface area (Å²) in [4.78, 5) is 17.1. The summed E-state index contributed by atoms with van der Waals surface area (Å²) in [5.41, 5.74) is 3.16. The third-order valence-electron chi connectivity index (χ3n) is 4.89. The number of hydrogen-bond acceptors (Lipinski definition) is 5. The molecule has 0 unspecified atom stereocenters. The molecule has 1 aliphatic rings. The highest BCUT2D eigenvalue weighted by Crippen LogP contribution is 2.27. The van der Waals surface area contributed by atoms with E-state index >= 15 is 0 Å². The van der Waals surface area contributed by atoms with Crippen molar-refractivity contribution in [1.82, 2.24) is 9.29 Å². The molecule has 6 nitrogen and oxygen atoms in total. The highest BCUT2D eigenvalue weighted by Gasteiger charge is 2.27. The Morgan fingerprint density at radius 3 is 2.34 bits per heavy atom. The van der Waals surface area contributed by atoms with Crippen molar-refractivity contribution in [3.8, 4) is 11.3 Å². The molecule has 0 aliphatic carbocycles. The van der Waals surface area contributed by atoms with E-state index in [0.29, 0.717) is 34.4 Å². The van der Waals surface area contributed by atoms with Crippen LogP contribution in [-0.4, -0.2) is 36.7 Å². The second-order valence-corrected chi connectivity index (χ2v) is 9.79. The molecule has 0 saturated carbocycles. The van der Waals surface area contributed by atoms with Crippen LogP contribution in [0.5, 0.6) is 0 Å². The first-order valence-electron chi connectivity index (χ1n) is 9.38. The van der Waals surface area contributed by atoms with Crippen LogP contribution in [0.15, 0.2) is 58.8 Å². The Bertz CT molecular complexity index is 1110. The summed E-state index contributed by atoms with van der Waals surface area (Å²) in [7, 11) is -3.42. The summed E-state index contributed by atoms with van der Waals surface area (Å²) < 4.78 is 26.8. The molecule has 2 aromatic carbocycles. The van der Waals surface area contributed by atoms with Gasteiger partial charge in [-0.1, -0.05) is 29.8 Å². The quantitative estimate of drug-likeness (QED) is 0.663. The Morgan fingerprint density at radius 2 is 1.69 bits per heavy atom. The monoisotopic (exact) mass is 427 g/mol. The number of aromatic nitrogens is 1. The number of hydrogen-bond donors (Lipinski definition) is 1. The highest BCUT2D eigenvalue weighted by atomic mass is 32.2. The molecule has 2 heterocycles. The van der Waals surface area contributed by atoms with E-state index in [0.717, 1.165) is 24.0 Å². The van der Waals surface area contributed by atoms with Gasteiger partial charge in [0.2, 0.25) is 10.0 Å². The number of nitrogens with zero attached hydrogens (tertiary/aromatic N) is 2. The normalized spacial score (nSPS) is 14.8. The van der Waals surface area contributed by atoms with Gasteiger partial charge >= 0.3 is 0 Å². The van der Waals surface area contributed by atoms with E-state index < -0.39 is 10.0 Å². The first kappa shape index (κ1) is 19.8. The largest absolute Gasteiger partial charge is 0.298 e. The van der Waals surface area contributed by atoms with E-state index in [1.807, 2.05) is 24.4 Å². The average Bonchev–Trinajstić information content (AvgIpc) is 3.41. The van der Waals surface area contributed by atoms with Crippen molar-refractivity contribution in [3.63, 3.8) is 0 Å². The number of carbonyl (C=O) groups excluding carboxylic acids is 1. The molecular formula is C21H21N3O3S2. The van der Waals surface area contributed by atoms with Gasteiger partial charge in [-0.05, 0) is 44.0 Å². The first-order chi connectivity index (χ1) is 13.9. The fraction of sp³-hybridized carbons (Fsp3) is 0.238. The minimum atomic E-state index is -3.42. The van der Waals surface area contributed by atoms with Crippen LogP contribution in [0.2, 0.25) is 0 Å². The van der Waals surface area contributed by atoms with E-state index in [4.69, 9.17) is 0 Å². The lowest BCUT2D eigenvalue weighted by Gasteiger charge is -2.15. The number of nitrogens with one attached hydrogen (secondary N) is 1. The zero-order valence-electron chi connectivity index (χ0n) is 16.0. The van der Waals surface area contributed by atoms with Crippen LogP contribution in [0.4, 0.5) is 5.13 Å². The minimum absolute atomic E-state index is 0.210. The lowest BCUT2D eigenvalue weighted by atomic mass is 10.1. The zero-order valence-corrected chi connectivity index (χ0v) is 17.6. The molecule has 29 heavy (non-hydrogen) atoms. The number of benzene rings is 2. The summed E-state index contributed by atoms with van der Waals surface area (Å²) >= 11 is 1.33. The highest BCUT2D eigenvalue weighted by molar-refractivity contribution is 7.89. The lowest BCUT2D eigenvalue weighted by Crippen LogP contribution is -2.27. The van der Waals surface area contributed by atoms with Crippen LogP contribution in [0.1, 0.15) is 28.8 Å². The number of amides is 1. The Labute approximate surface area is 174 Å². The zero-order chi connectivity index (χ0) is 20.4. The molecule has 3 aromatic rings. The van der Waals surface area contributed by atoms with Gasteiger partial charge < -0.3 is 0 Å². The van der Waals surface area contributed by atoms with Gasteiger partial charge in [-0.2, -0.15) is 4.31 Å². The van der Waals surface area contributed by atoms with E-state index in [-0.39, 0.29) is 5.91 Å². The van der Waals surface area contributed by atoms with Crippen molar-refractivity contribution in [2.24, 2.45) is 0 Å². The molecular weight excluding hydrogens is 406 g/mol. The molecule has 1 N–H and O–H groups in total. The van der Waals surface area contributed by atoms with Crippen LogP contribution in [-0.2, 0) is 10.0 Å². The number of sulfonamides is 1. The summed E-state index contributed by atoms with van der Waals surface area (Å²) in [6.45, 7) is 3.14. The number of thiazole rings is 1. The maximum Gasteiger partial charge on any atom is 0.257 e. The van der Waals surface area contributed by atoms with Crippen LogP contribution in [0.25, 0.3) is 11.3 Å². The first-order valence-corrected chi connectivity index (χ1v) is 11.7. The summed E-state index contributed by atoms with van der Waals surface area (Å²) in [6.07, 6.45) is 1.82. The molecule has 1 fully saturated rings. The predicted octanol–water partition coefficient (Wildman–Crippen LogP) is 4.16. The Balaban J connectivity index is 1.48. The van der Waals surface area contributed by atoms with Gasteiger partial charge in [0.15, 0.2) is 5.13 Å². The minimum Gasteiger partial charge on any atom is -0.298 e. The van der Waals surface area contributed by atoms with Crippen molar-refractivity contribution in [2.75, 3.05) is 18.4 Å². The SMILES string of the molecule is Cc1ccc(C(=O)Nc2nc(-c3ccc(S(=O)(=O)N4CCCC4)cc3)cs2)cc1. The Morgan fingerprint density at radius 1 is 1.03 bits per heavy atom. The molecule has 1 aromatic heterocycles. The van der Waals surface area contributed by atoms with E-state index in [2.05, 4.69) is 10.3 Å². The van der Waals surface area contributed by atoms with E-state index in [9.17, 15) is 13.2 Å². The van der Waals surface area contributed by atoms with Gasteiger partial charge in [-0.3, -0.25) is 10.1 Å². The van der Waals surface area contributed by atoms with Crippen molar-refractivity contribution < 1.29 is 13.2 Å². The molecule has 8 heteroatoms. The second kappa shape index (κ2) is 8.06. The van der Waals surface area contributed by atoms with Crippen LogP contribution in [0, 0.1) is 6.92 Å². The maximum atomic E-state index is 12.6. The molecule has 0 atom stereocenters. The van der Waals surface area contributed by atoms with Crippen molar-refractivity contribution >= 4 is 32.4 Å². The summed E-state index contributed by atoms with van der Waals surface area (Å²) in [5.74, 6) is -0.210. The third kappa shape index (κ3) is 4.24. The van der Waals surface area contributed by atoms with Crippen molar-refractivity contribution in [3.05, 3.63) is 65.0 Å². The molecule has 1 amide bonds. The van der Waals surface area contributed by atoms with Gasteiger partial charge in [-0.15, -0.1) is 11.3 Å². The molecule has 4 rings (SSSR count). The molecule has 0 spiro atoms. The van der Waals surface area contributed by atoms with E-state index in [1.165, 1.54) is 15.6 Å². The van der Waals surface area contributed by atoms with Gasteiger partial charge in [0.1, 0.15) is 0 Å². The van der Waals surface area contributed by atoms with Gasteiger partial charge in [0, 0.05) is 29.6 Å². The van der Waals surface area contributed by atoms with Crippen LogP contribution in [0.3, 0.4) is 0 Å². The number of anilines is 1. The second-order valence-electron chi connectivity index (χ2n) is 6.99. The fourth-order valence-electron chi connectivity index (χ4n) is 3.21. The number of rotatable bonds is 5. The Kier molecular flexibility index (Phi) is 5.49. The average molecular weight is 428 g/mol. The van der Waals surface area contributed by atoms with Gasteiger partial charge in [0.05, 0.1) is 10.6 Å². The molecule has 1 saturated heterocycles. The lowest BCUT2D eigenvalue weighted by molar-refractivity contribution is 0.102. The molecule has 150 valence electrons. The topological polar surface area (TPSA) is 79.4 Å². The predicted molar refractivity (Wildman–Crippen MR) is 115 cm³/mol. The fourth-order valence-corrected chi connectivity index (χ4v) is 5.44. The standard InChI is InChI=1S/C21H21N3O3S2/c1-15-4-6-17(7-5-15)20(25)23-21-22-19(14-28-21)16-8-10-18(11-9-16)29(26,27)24-12-2-3-13-24/h4-11,14H,2-3,12-13H2,1H3,(H,22,23,25). The van der Waals surface area contributed by atoms with Crippen molar-refractivity contribution in [1.29, 1.82) is 0 Å².